The van der Waals surface area contributed by atoms with Gasteiger partial charge in [-0.2, -0.15) is 11.8 Å². The summed E-state index contributed by atoms with van der Waals surface area (Å²) in [5.41, 5.74) is 0. The lowest BCUT2D eigenvalue weighted by atomic mass is 10.1. The maximum absolute atomic E-state index is 5.74. The highest BCUT2D eigenvalue weighted by atomic mass is 35.5. The Balaban J connectivity index is 2.15. The first-order valence-corrected chi connectivity index (χ1v) is 5.90. The van der Waals surface area contributed by atoms with Crippen LogP contribution in [0.4, 0.5) is 0 Å². The molecule has 1 aliphatic rings. The minimum absolute atomic E-state index is 0.678. The van der Waals surface area contributed by atoms with E-state index in [-0.39, 0.29) is 0 Å². The van der Waals surface area contributed by atoms with Gasteiger partial charge in [-0.1, -0.05) is 11.6 Å². The average molecular weight is 206 g/mol. The van der Waals surface area contributed by atoms with Crippen molar-refractivity contribution in [1.29, 1.82) is 0 Å². The van der Waals surface area contributed by atoms with Gasteiger partial charge >= 0.3 is 0 Å². The summed E-state index contributed by atoms with van der Waals surface area (Å²) in [7, 11) is 0. The van der Waals surface area contributed by atoms with Gasteiger partial charge in [0.05, 0.1) is 0 Å². The summed E-state index contributed by atoms with van der Waals surface area (Å²) in [6.07, 6.45) is 3.22. The zero-order valence-electron chi connectivity index (χ0n) is 5.92. The molecular formula is C7H8ClNS2. The van der Waals surface area contributed by atoms with Crippen LogP contribution in [0, 0.1) is 0 Å². The van der Waals surface area contributed by atoms with Gasteiger partial charge in [-0.3, -0.25) is 0 Å². The highest BCUT2D eigenvalue weighted by molar-refractivity contribution is 7.99. The lowest BCUT2D eigenvalue weighted by molar-refractivity contribution is 0.796. The van der Waals surface area contributed by atoms with Gasteiger partial charge in [-0.05, 0) is 12.2 Å². The van der Waals surface area contributed by atoms with Crippen molar-refractivity contribution in [2.75, 3.05) is 11.5 Å². The highest BCUT2D eigenvalue weighted by Gasteiger charge is 2.19. The van der Waals surface area contributed by atoms with Crippen molar-refractivity contribution in [3.8, 4) is 0 Å². The minimum Gasteiger partial charge on any atom is -0.233 e. The van der Waals surface area contributed by atoms with Gasteiger partial charge in [-0.25, -0.2) is 4.98 Å². The molecular weight excluding hydrogens is 198 g/mol. The predicted molar refractivity (Wildman–Crippen MR) is 51.8 cm³/mol. The van der Waals surface area contributed by atoms with E-state index >= 15 is 0 Å². The SMILES string of the molecule is Clc1ncc(C2CCSC2)s1. The first-order valence-electron chi connectivity index (χ1n) is 3.55. The second-order valence-corrected chi connectivity index (χ2v) is 5.37. The van der Waals surface area contributed by atoms with E-state index in [4.69, 9.17) is 11.6 Å². The number of halogens is 1. The standard InChI is InChI=1S/C7H8ClNS2/c8-7-9-3-6(11-7)5-1-2-10-4-5/h3,5H,1-2,4H2. The molecule has 0 bridgehead atoms. The molecule has 4 heteroatoms. The number of hydrogen-bond acceptors (Lipinski definition) is 3. The van der Waals surface area contributed by atoms with E-state index < -0.39 is 0 Å². The molecule has 0 radical (unpaired) electrons. The van der Waals surface area contributed by atoms with Crippen molar-refractivity contribution in [2.24, 2.45) is 0 Å². The quantitative estimate of drug-likeness (QED) is 0.699. The second kappa shape index (κ2) is 3.33. The lowest BCUT2D eigenvalue weighted by Gasteiger charge is -2.01. The van der Waals surface area contributed by atoms with Crippen LogP contribution < -0.4 is 0 Å². The molecule has 1 nitrogen and oxygen atoms in total. The van der Waals surface area contributed by atoms with Crippen LogP contribution in [0.15, 0.2) is 6.20 Å². The summed E-state index contributed by atoms with van der Waals surface area (Å²) < 4.78 is 0.678. The van der Waals surface area contributed by atoms with Crippen LogP contribution >= 0.6 is 34.7 Å². The second-order valence-electron chi connectivity index (χ2n) is 2.58. The molecule has 0 saturated carbocycles. The van der Waals surface area contributed by atoms with Gasteiger partial charge in [0.2, 0.25) is 0 Å². The summed E-state index contributed by atoms with van der Waals surface area (Å²) in [4.78, 5) is 5.40. The lowest BCUT2D eigenvalue weighted by Crippen LogP contribution is -1.91. The van der Waals surface area contributed by atoms with Gasteiger partial charge in [0.15, 0.2) is 4.47 Å². The van der Waals surface area contributed by atoms with Crippen LogP contribution in [0.1, 0.15) is 17.2 Å². The fourth-order valence-electron chi connectivity index (χ4n) is 1.21. The van der Waals surface area contributed by atoms with Crippen molar-refractivity contribution in [1.82, 2.24) is 4.98 Å². The third-order valence-electron chi connectivity index (χ3n) is 1.83. The van der Waals surface area contributed by atoms with E-state index in [0.29, 0.717) is 4.47 Å². The Morgan fingerprint density at radius 1 is 1.64 bits per heavy atom. The Labute approximate surface area is 79.2 Å². The molecule has 60 valence electrons. The number of nitrogens with zero attached hydrogens (tertiary/aromatic N) is 1. The monoisotopic (exact) mass is 205 g/mol. The van der Waals surface area contributed by atoms with Crippen LogP contribution in [0.3, 0.4) is 0 Å². The summed E-state index contributed by atoms with van der Waals surface area (Å²) in [5, 5.41) is 0. The van der Waals surface area contributed by atoms with Gasteiger partial charge in [0.1, 0.15) is 0 Å². The van der Waals surface area contributed by atoms with E-state index in [2.05, 4.69) is 4.98 Å². The third-order valence-corrected chi connectivity index (χ3v) is 4.27. The van der Waals surface area contributed by atoms with Crippen molar-refractivity contribution < 1.29 is 0 Å². The highest BCUT2D eigenvalue weighted by Crippen LogP contribution is 2.35. The number of thioether (sulfide) groups is 1. The van der Waals surface area contributed by atoms with Crippen LogP contribution in [0.2, 0.25) is 4.47 Å². The van der Waals surface area contributed by atoms with Crippen molar-refractivity contribution in [3.63, 3.8) is 0 Å². The zero-order valence-corrected chi connectivity index (χ0v) is 8.31. The predicted octanol–water partition coefficient (Wildman–Crippen LogP) is 3.02. The smallest absolute Gasteiger partial charge is 0.183 e. The van der Waals surface area contributed by atoms with Crippen LogP contribution in [-0.2, 0) is 0 Å². The molecule has 1 aliphatic heterocycles. The van der Waals surface area contributed by atoms with E-state index in [1.165, 1.54) is 22.8 Å². The Hall–Kier alpha value is 0.270. The topological polar surface area (TPSA) is 12.9 Å². The number of rotatable bonds is 1. The Morgan fingerprint density at radius 2 is 2.55 bits per heavy atom. The maximum atomic E-state index is 5.74. The van der Waals surface area contributed by atoms with Crippen molar-refractivity contribution in [2.45, 2.75) is 12.3 Å². The summed E-state index contributed by atoms with van der Waals surface area (Å²) in [5.74, 6) is 3.27. The molecule has 1 aromatic heterocycles. The maximum Gasteiger partial charge on any atom is 0.183 e. The Kier molecular flexibility index (Phi) is 2.39. The molecule has 2 heterocycles. The van der Waals surface area contributed by atoms with Gasteiger partial charge < -0.3 is 0 Å². The first kappa shape index (κ1) is 7.90. The average Bonchev–Trinajstić information content (AvgIpc) is 2.55. The summed E-state index contributed by atoms with van der Waals surface area (Å²) in [6, 6.07) is 0. The fraction of sp³-hybridized carbons (Fsp3) is 0.571. The summed E-state index contributed by atoms with van der Waals surface area (Å²) >= 11 is 9.39. The molecule has 0 N–H and O–H groups in total. The number of aromatic nitrogens is 1. The fourth-order valence-corrected chi connectivity index (χ4v) is 3.66. The van der Waals surface area contributed by atoms with Crippen LogP contribution in [0.5, 0.6) is 0 Å². The molecule has 2 rings (SSSR count). The van der Waals surface area contributed by atoms with Crippen molar-refractivity contribution >= 4 is 34.7 Å². The molecule has 1 fully saturated rings. The number of thiazole rings is 1. The molecule has 0 aliphatic carbocycles. The van der Waals surface area contributed by atoms with E-state index in [1.807, 2.05) is 18.0 Å². The largest absolute Gasteiger partial charge is 0.233 e. The molecule has 1 aromatic rings. The normalized spacial score (nSPS) is 24.3. The van der Waals surface area contributed by atoms with Crippen molar-refractivity contribution in [3.05, 3.63) is 15.5 Å². The molecule has 1 atom stereocenters. The van der Waals surface area contributed by atoms with Gasteiger partial charge in [-0.15, -0.1) is 11.3 Å². The Morgan fingerprint density at radius 3 is 3.09 bits per heavy atom. The molecule has 1 unspecified atom stereocenters. The molecule has 0 spiro atoms. The van der Waals surface area contributed by atoms with E-state index in [9.17, 15) is 0 Å². The molecule has 1 saturated heterocycles. The minimum atomic E-state index is 0.678. The van der Waals surface area contributed by atoms with Gasteiger partial charge in [0.25, 0.3) is 0 Å². The zero-order chi connectivity index (χ0) is 7.68. The molecule has 11 heavy (non-hydrogen) atoms. The van der Waals surface area contributed by atoms with Crippen LogP contribution in [-0.4, -0.2) is 16.5 Å². The van der Waals surface area contributed by atoms with E-state index in [1.54, 1.807) is 11.3 Å². The first-order chi connectivity index (χ1) is 5.36. The third kappa shape index (κ3) is 1.71. The summed E-state index contributed by atoms with van der Waals surface area (Å²) in [6.45, 7) is 0. The van der Waals surface area contributed by atoms with Gasteiger partial charge in [0, 0.05) is 22.7 Å². The van der Waals surface area contributed by atoms with Crippen LogP contribution in [0.25, 0.3) is 0 Å². The molecule has 0 aromatic carbocycles. The number of hydrogen-bond donors (Lipinski definition) is 0. The van der Waals surface area contributed by atoms with E-state index in [0.717, 1.165) is 5.92 Å². The molecule has 0 amide bonds. The Bertz CT molecular complexity index is 242.